The highest BCUT2D eigenvalue weighted by molar-refractivity contribution is 6.32. The third-order valence-electron chi connectivity index (χ3n) is 5.51. The van der Waals surface area contributed by atoms with Gasteiger partial charge in [0.25, 0.3) is 17.5 Å². The van der Waals surface area contributed by atoms with Crippen molar-refractivity contribution in [3.63, 3.8) is 0 Å². The number of rotatable bonds is 4. The molecule has 32 heavy (non-hydrogen) atoms. The molecule has 8 nitrogen and oxygen atoms in total. The minimum Gasteiger partial charge on any atom is -0.371 e. The van der Waals surface area contributed by atoms with E-state index in [9.17, 15) is 19.7 Å². The van der Waals surface area contributed by atoms with Gasteiger partial charge in [-0.2, -0.15) is 0 Å². The summed E-state index contributed by atoms with van der Waals surface area (Å²) in [5, 5.41) is 15.3. The third-order valence-corrected chi connectivity index (χ3v) is 5.86. The van der Waals surface area contributed by atoms with Gasteiger partial charge in [-0.3, -0.25) is 24.6 Å². The second kappa shape index (κ2) is 7.58. The maximum atomic E-state index is 12.9. The number of benzene rings is 3. The number of nitro benzene ring substituents is 1. The molecule has 0 spiro atoms. The van der Waals surface area contributed by atoms with E-state index in [1.165, 1.54) is 6.07 Å². The van der Waals surface area contributed by atoms with Crippen LogP contribution in [0.4, 0.5) is 17.1 Å². The zero-order chi connectivity index (χ0) is 22.4. The van der Waals surface area contributed by atoms with Crippen molar-refractivity contribution in [1.29, 1.82) is 0 Å². The standard InChI is InChI=1S/C23H15ClN4O4/c24-16-9-4-3-8-15(16)20-18(26-21-17(25-20)10-5-11-19(21)28(31)32)12-27-22(29)13-6-1-2-7-14(13)23(27)30/h1-11,20,25H,12H2. The highest BCUT2D eigenvalue weighted by atomic mass is 35.5. The normalized spacial score (nSPS) is 16.8. The average molecular weight is 447 g/mol. The van der Waals surface area contributed by atoms with E-state index in [0.29, 0.717) is 33.1 Å². The van der Waals surface area contributed by atoms with Gasteiger partial charge < -0.3 is 5.32 Å². The number of hydrogen-bond acceptors (Lipinski definition) is 6. The van der Waals surface area contributed by atoms with E-state index in [1.807, 2.05) is 6.07 Å². The van der Waals surface area contributed by atoms with Crippen molar-refractivity contribution in [2.75, 3.05) is 11.9 Å². The molecule has 5 rings (SSSR count). The van der Waals surface area contributed by atoms with Gasteiger partial charge in [0, 0.05) is 11.1 Å². The van der Waals surface area contributed by atoms with Crippen LogP contribution in [0.25, 0.3) is 0 Å². The SMILES string of the molecule is O=C1c2ccccc2C(=O)N1CC1=Nc2c(cccc2[N+](=O)[O-])NC1c1ccccc1Cl. The molecule has 1 atom stereocenters. The number of fused-ring (bicyclic) bond motifs is 2. The molecule has 2 aliphatic heterocycles. The maximum Gasteiger partial charge on any atom is 0.296 e. The topological polar surface area (TPSA) is 105 Å². The van der Waals surface area contributed by atoms with E-state index in [-0.39, 0.29) is 17.9 Å². The summed E-state index contributed by atoms with van der Waals surface area (Å²) in [4.78, 5) is 42.5. The first kappa shape index (κ1) is 19.9. The number of para-hydroxylation sites is 1. The molecular formula is C23H15ClN4O4. The Kier molecular flexibility index (Phi) is 4.71. The van der Waals surface area contributed by atoms with Crippen LogP contribution in [-0.2, 0) is 0 Å². The molecule has 1 N–H and O–H groups in total. The van der Waals surface area contributed by atoms with Gasteiger partial charge in [0.1, 0.15) is 0 Å². The first-order valence-electron chi connectivity index (χ1n) is 9.76. The predicted octanol–water partition coefficient (Wildman–Crippen LogP) is 4.78. The quantitative estimate of drug-likeness (QED) is 0.352. The Labute approximate surface area is 187 Å². The van der Waals surface area contributed by atoms with Gasteiger partial charge in [-0.25, -0.2) is 4.99 Å². The average Bonchev–Trinajstić information content (AvgIpc) is 3.03. The second-order valence-corrected chi connectivity index (χ2v) is 7.78. The summed E-state index contributed by atoms with van der Waals surface area (Å²) in [5.41, 5.74) is 2.14. The molecule has 0 bridgehead atoms. The molecule has 2 heterocycles. The minimum atomic E-state index is -0.581. The van der Waals surface area contributed by atoms with Gasteiger partial charge in [-0.15, -0.1) is 0 Å². The molecule has 0 aliphatic carbocycles. The number of nitrogens with zero attached hydrogens (tertiary/aromatic N) is 3. The number of amides is 2. The van der Waals surface area contributed by atoms with Crippen molar-refractivity contribution in [2.45, 2.75) is 6.04 Å². The fourth-order valence-electron chi connectivity index (χ4n) is 4.00. The summed E-state index contributed by atoms with van der Waals surface area (Å²) in [5.74, 6) is -0.862. The highest BCUT2D eigenvalue weighted by Gasteiger charge is 2.38. The Bertz CT molecular complexity index is 1300. The molecule has 2 aliphatic rings. The number of imide groups is 1. The van der Waals surface area contributed by atoms with Crippen LogP contribution in [0.15, 0.2) is 71.7 Å². The molecule has 0 radical (unpaired) electrons. The minimum absolute atomic E-state index is 0.138. The number of carbonyl (C=O) groups excluding carboxylic acids is 2. The number of nitrogens with one attached hydrogen (secondary N) is 1. The lowest BCUT2D eigenvalue weighted by atomic mass is 9.98. The molecule has 9 heteroatoms. The zero-order valence-electron chi connectivity index (χ0n) is 16.5. The second-order valence-electron chi connectivity index (χ2n) is 7.37. The van der Waals surface area contributed by atoms with E-state index in [0.717, 1.165) is 4.90 Å². The fourth-order valence-corrected chi connectivity index (χ4v) is 4.24. The Morgan fingerprint density at radius 2 is 1.62 bits per heavy atom. The van der Waals surface area contributed by atoms with Crippen molar-refractivity contribution >= 4 is 46.2 Å². The van der Waals surface area contributed by atoms with Crippen molar-refractivity contribution in [2.24, 2.45) is 4.99 Å². The molecule has 3 aromatic rings. The first-order chi connectivity index (χ1) is 15.5. The van der Waals surface area contributed by atoms with E-state index in [2.05, 4.69) is 10.3 Å². The van der Waals surface area contributed by atoms with Gasteiger partial charge in [0.15, 0.2) is 5.69 Å². The molecular weight excluding hydrogens is 432 g/mol. The molecule has 1 unspecified atom stereocenters. The number of nitro groups is 1. The Morgan fingerprint density at radius 3 is 2.28 bits per heavy atom. The van der Waals surface area contributed by atoms with Crippen LogP contribution < -0.4 is 5.32 Å². The molecule has 0 fully saturated rings. The molecule has 0 saturated carbocycles. The zero-order valence-corrected chi connectivity index (χ0v) is 17.2. The Hall–Kier alpha value is -4.04. The van der Waals surface area contributed by atoms with Gasteiger partial charge in [0.2, 0.25) is 0 Å². The number of anilines is 1. The highest BCUT2D eigenvalue weighted by Crippen LogP contribution is 2.42. The van der Waals surface area contributed by atoms with Crippen LogP contribution in [0.3, 0.4) is 0 Å². The summed E-state index contributed by atoms with van der Waals surface area (Å²) < 4.78 is 0. The summed E-state index contributed by atoms with van der Waals surface area (Å²) in [6.45, 7) is -0.138. The predicted molar refractivity (Wildman–Crippen MR) is 120 cm³/mol. The smallest absolute Gasteiger partial charge is 0.296 e. The van der Waals surface area contributed by atoms with Crippen molar-refractivity contribution in [3.8, 4) is 0 Å². The summed E-state index contributed by atoms with van der Waals surface area (Å²) in [7, 11) is 0. The fraction of sp³-hybridized carbons (Fsp3) is 0.0870. The van der Waals surface area contributed by atoms with Gasteiger partial charge in [-0.1, -0.05) is 48.0 Å². The van der Waals surface area contributed by atoms with Crippen LogP contribution in [0.1, 0.15) is 32.3 Å². The molecule has 0 aromatic heterocycles. The molecule has 2 amide bonds. The third kappa shape index (κ3) is 3.12. The number of hydrogen-bond donors (Lipinski definition) is 1. The summed E-state index contributed by atoms with van der Waals surface area (Å²) in [6.07, 6.45) is 0. The Morgan fingerprint density at radius 1 is 0.969 bits per heavy atom. The molecule has 0 saturated heterocycles. The monoisotopic (exact) mass is 446 g/mol. The van der Waals surface area contributed by atoms with E-state index >= 15 is 0 Å². The lowest BCUT2D eigenvalue weighted by Gasteiger charge is -2.29. The lowest BCUT2D eigenvalue weighted by Crippen LogP contribution is -2.39. The van der Waals surface area contributed by atoms with Crippen molar-refractivity contribution in [3.05, 3.63) is 98.6 Å². The van der Waals surface area contributed by atoms with Gasteiger partial charge >= 0.3 is 0 Å². The number of aliphatic imine (C=N–C) groups is 1. The van der Waals surface area contributed by atoms with E-state index in [1.54, 1.807) is 54.6 Å². The van der Waals surface area contributed by atoms with Crippen LogP contribution >= 0.6 is 11.6 Å². The van der Waals surface area contributed by atoms with Crippen LogP contribution in [0, 0.1) is 10.1 Å². The maximum absolute atomic E-state index is 12.9. The van der Waals surface area contributed by atoms with Gasteiger partial charge in [-0.05, 0) is 29.8 Å². The number of halogens is 1. The van der Waals surface area contributed by atoms with Crippen LogP contribution in [0.2, 0.25) is 5.02 Å². The molecule has 3 aromatic carbocycles. The van der Waals surface area contributed by atoms with Gasteiger partial charge in [0.05, 0.1) is 40.0 Å². The van der Waals surface area contributed by atoms with Crippen molar-refractivity contribution in [1.82, 2.24) is 4.90 Å². The molecule has 158 valence electrons. The summed E-state index contributed by atoms with van der Waals surface area (Å²) >= 11 is 6.43. The lowest BCUT2D eigenvalue weighted by molar-refractivity contribution is -0.384. The van der Waals surface area contributed by atoms with E-state index in [4.69, 9.17) is 11.6 Å². The largest absolute Gasteiger partial charge is 0.371 e. The first-order valence-corrected chi connectivity index (χ1v) is 10.1. The summed E-state index contributed by atoms with van der Waals surface area (Å²) in [6, 6.07) is 17.7. The number of carbonyl (C=O) groups is 2. The van der Waals surface area contributed by atoms with Crippen molar-refractivity contribution < 1.29 is 14.5 Å². The van der Waals surface area contributed by atoms with Crippen LogP contribution in [-0.4, -0.2) is 33.9 Å². The van der Waals surface area contributed by atoms with Crippen LogP contribution in [0.5, 0.6) is 0 Å². The van der Waals surface area contributed by atoms with E-state index < -0.39 is 22.8 Å². The Balaban J connectivity index is 1.61.